The van der Waals surface area contributed by atoms with E-state index in [0.29, 0.717) is 18.3 Å². The molecule has 0 aliphatic heterocycles. The molecule has 24 heavy (non-hydrogen) atoms. The molecule has 1 saturated carbocycles. The van der Waals surface area contributed by atoms with E-state index >= 15 is 0 Å². The number of aliphatic hydroxyl groups is 1. The van der Waals surface area contributed by atoms with Gasteiger partial charge in [0.05, 0.1) is 11.7 Å². The normalized spacial score (nSPS) is 22.5. The lowest BCUT2D eigenvalue weighted by molar-refractivity contribution is 0.136. The van der Waals surface area contributed by atoms with Gasteiger partial charge in [-0.15, -0.1) is 0 Å². The number of nitrogens with zero attached hydrogens (tertiary/aromatic N) is 2. The number of aliphatic hydroxyl groups excluding tert-OH is 1. The molecule has 6 heteroatoms. The summed E-state index contributed by atoms with van der Waals surface area (Å²) >= 11 is 0. The molecule has 0 radical (unpaired) electrons. The number of aryl methyl sites for hydroxylation is 2. The molecule has 0 spiro atoms. The monoisotopic (exact) mass is 331 g/mol. The summed E-state index contributed by atoms with van der Waals surface area (Å²) in [6, 6.07) is 7.55. The maximum atomic E-state index is 12.0. The molecule has 130 valence electrons. The Morgan fingerprint density at radius 2 is 2.00 bits per heavy atom. The van der Waals surface area contributed by atoms with E-state index in [1.807, 2.05) is 26.0 Å². The first-order valence-corrected chi connectivity index (χ1v) is 8.57. The molecule has 2 aromatic rings. The summed E-state index contributed by atoms with van der Waals surface area (Å²) in [5.74, 6) is 1.41. The molecule has 0 saturated heterocycles. The fourth-order valence-corrected chi connectivity index (χ4v) is 3.32. The van der Waals surface area contributed by atoms with Crippen molar-refractivity contribution in [3.8, 4) is 0 Å². The van der Waals surface area contributed by atoms with Crippen LogP contribution in [0.25, 0.3) is 0 Å². The minimum atomic E-state index is -0.627. The van der Waals surface area contributed by atoms with Crippen LogP contribution in [0.2, 0.25) is 0 Å². The highest BCUT2D eigenvalue weighted by molar-refractivity contribution is 5.08. The second kappa shape index (κ2) is 7.32. The quantitative estimate of drug-likeness (QED) is 0.878. The van der Waals surface area contributed by atoms with Crippen LogP contribution in [0.1, 0.15) is 55.0 Å². The summed E-state index contributed by atoms with van der Waals surface area (Å²) in [6.45, 7) is 4.25. The van der Waals surface area contributed by atoms with Crippen molar-refractivity contribution < 1.29 is 9.52 Å². The van der Waals surface area contributed by atoms with Crippen LogP contribution in [0, 0.1) is 13.8 Å². The highest BCUT2D eigenvalue weighted by atomic mass is 16.4. The summed E-state index contributed by atoms with van der Waals surface area (Å²) in [5.41, 5.74) is 0.840. The average Bonchev–Trinajstić information content (AvgIpc) is 3.02. The van der Waals surface area contributed by atoms with E-state index in [2.05, 4.69) is 10.4 Å². The van der Waals surface area contributed by atoms with E-state index in [1.54, 1.807) is 16.8 Å². The van der Waals surface area contributed by atoms with Crippen molar-refractivity contribution in [2.45, 2.75) is 57.7 Å². The predicted molar refractivity (Wildman–Crippen MR) is 90.9 cm³/mol. The molecule has 3 rings (SSSR count). The van der Waals surface area contributed by atoms with E-state index in [4.69, 9.17) is 4.42 Å². The van der Waals surface area contributed by atoms with Gasteiger partial charge in [0.25, 0.3) is 5.56 Å². The van der Waals surface area contributed by atoms with Crippen LogP contribution in [-0.2, 0) is 0 Å². The van der Waals surface area contributed by atoms with Gasteiger partial charge in [-0.1, -0.05) is 0 Å². The standard InChI is InChI=1S/C18H25N3O3/c1-12-3-10-18(23)21(20-12)15-7-5-14(6-8-15)19-11-16(22)17-9-4-13(2)24-17/h3-4,9-10,14-16,19,22H,5-8,11H2,1-2H3. The molecular formula is C18H25N3O3. The summed E-state index contributed by atoms with van der Waals surface area (Å²) in [6.07, 6.45) is 3.15. The summed E-state index contributed by atoms with van der Waals surface area (Å²) in [7, 11) is 0. The zero-order valence-electron chi connectivity index (χ0n) is 14.2. The Hall–Kier alpha value is -1.92. The molecule has 1 fully saturated rings. The maximum absolute atomic E-state index is 12.0. The van der Waals surface area contributed by atoms with Gasteiger partial charge in [0.1, 0.15) is 17.6 Å². The second-order valence-electron chi connectivity index (χ2n) is 6.64. The van der Waals surface area contributed by atoms with Crippen LogP contribution in [0.15, 0.2) is 33.5 Å². The molecule has 0 bridgehead atoms. The third-order valence-corrected chi connectivity index (χ3v) is 4.69. The van der Waals surface area contributed by atoms with Crippen molar-refractivity contribution in [2.24, 2.45) is 0 Å². The van der Waals surface area contributed by atoms with Gasteiger partial charge >= 0.3 is 0 Å². The number of furan rings is 1. The van der Waals surface area contributed by atoms with Crippen molar-refractivity contribution >= 4 is 0 Å². The molecule has 2 heterocycles. The first-order chi connectivity index (χ1) is 11.5. The van der Waals surface area contributed by atoms with Crippen LogP contribution >= 0.6 is 0 Å². The molecule has 1 unspecified atom stereocenters. The van der Waals surface area contributed by atoms with E-state index in [0.717, 1.165) is 37.1 Å². The maximum Gasteiger partial charge on any atom is 0.267 e. The molecule has 1 aliphatic carbocycles. The molecule has 6 nitrogen and oxygen atoms in total. The Bertz CT molecular complexity index is 729. The Labute approximate surface area is 141 Å². The number of hydrogen-bond donors (Lipinski definition) is 2. The van der Waals surface area contributed by atoms with Gasteiger partial charge in [-0.2, -0.15) is 5.10 Å². The minimum absolute atomic E-state index is 0.0272. The van der Waals surface area contributed by atoms with Crippen molar-refractivity contribution in [3.05, 3.63) is 51.8 Å². The first kappa shape index (κ1) is 16.9. The smallest absolute Gasteiger partial charge is 0.267 e. The number of hydrogen-bond acceptors (Lipinski definition) is 5. The van der Waals surface area contributed by atoms with Crippen LogP contribution in [0.4, 0.5) is 0 Å². The number of rotatable bonds is 5. The van der Waals surface area contributed by atoms with Crippen LogP contribution in [0.5, 0.6) is 0 Å². The molecule has 0 amide bonds. The minimum Gasteiger partial charge on any atom is -0.464 e. The third-order valence-electron chi connectivity index (χ3n) is 4.69. The molecular weight excluding hydrogens is 306 g/mol. The van der Waals surface area contributed by atoms with Crippen LogP contribution < -0.4 is 10.9 Å². The van der Waals surface area contributed by atoms with Crippen molar-refractivity contribution in [2.75, 3.05) is 6.54 Å². The fourth-order valence-electron chi connectivity index (χ4n) is 3.32. The van der Waals surface area contributed by atoms with Crippen LogP contribution in [0.3, 0.4) is 0 Å². The highest BCUT2D eigenvalue weighted by Gasteiger charge is 2.24. The predicted octanol–water partition coefficient (Wildman–Crippen LogP) is 2.26. The molecule has 2 aromatic heterocycles. The lowest BCUT2D eigenvalue weighted by Gasteiger charge is -2.30. The zero-order valence-corrected chi connectivity index (χ0v) is 14.2. The Kier molecular flexibility index (Phi) is 5.16. The molecule has 2 N–H and O–H groups in total. The van der Waals surface area contributed by atoms with Crippen molar-refractivity contribution in [3.63, 3.8) is 0 Å². The summed E-state index contributed by atoms with van der Waals surface area (Å²) in [4.78, 5) is 12.0. The van der Waals surface area contributed by atoms with E-state index in [1.165, 1.54) is 0 Å². The third kappa shape index (κ3) is 3.94. The lowest BCUT2D eigenvalue weighted by atomic mass is 9.91. The largest absolute Gasteiger partial charge is 0.464 e. The van der Waals surface area contributed by atoms with Gasteiger partial charge < -0.3 is 14.8 Å². The van der Waals surface area contributed by atoms with Gasteiger partial charge in [-0.25, -0.2) is 4.68 Å². The Morgan fingerprint density at radius 1 is 1.25 bits per heavy atom. The lowest BCUT2D eigenvalue weighted by Crippen LogP contribution is -2.38. The molecule has 0 aromatic carbocycles. The van der Waals surface area contributed by atoms with Crippen molar-refractivity contribution in [1.29, 1.82) is 0 Å². The Balaban J connectivity index is 1.50. The zero-order chi connectivity index (χ0) is 17.1. The van der Waals surface area contributed by atoms with E-state index in [-0.39, 0.29) is 11.6 Å². The molecule has 1 aliphatic rings. The second-order valence-corrected chi connectivity index (χ2v) is 6.64. The van der Waals surface area contributed by atoms with E-state index < -0.39 is 6.10 Å². The van der Waals surface area contributed by atoms with Gasteiger partial charge in [0.15, 0.2) is 0 Å². The van der Waals surface area contributed by atoms with Crippen LogP contribution in [-0.4, -0.2) is 27.5 Å². The van der Waals surface area contributed by atoms with Gasteiger partial charge in [-0.05, 0) is 57.7 Å². The van der Waals surface area contributed by atoms with Crippen molar-refractivity contribution in [1.82, 2.24) is 15.1 Å². The van der Waals surface area contributed by atoms with Gasteiger partial charge in [0, 0.05) is 18.7 Å². The first-order valence-electron chi connectivity index (χ1n) is 8.57. The fraction of sp³-hybridized carbons (Fsp3) is 0.556. The summed E-state index contributed by atoms with van der Waals surface area (Å²) in [5, 5.41) is 17.9. The van der Waals surface area contributed by atoms with Gasteiger partial charge in [0.2, 0.25) is 0 Å². The van der Waals surface area contributed by atoms with Gasteiger partial charge in [-0.3, -0.25) is 4.79 Å². The number of aromatic nitrogens is 2. The van der Waals surface area contributed by atoms with E-state index in [9.17, 15) is 9.90 Å². The number of nitrogens with one attached hydrogen (secondary N) is 1. The average molecular weight is 331 g/mol. The molecule has 1 atom stereocenters. The highest BCUT2D eigenvalue weighted by Crippen LogP contribution is 2.27. The topological polar surface area (TPSA) is 80.3 Å². The summed E-state index contributed by atoms with van der Waals surface area (Å²) < 4.78 is 7.08. The Morgan fingerprint density at radius 3 is 2.67 bits per heavy atom. The SMILES string of the molecule is Cc1ccc(=O)n(C2CCC(NCC(O)c3ccc(C)o3)CC2)n1.